The molecule has 0 radical (unpaired) electrons. The maximum absolute atomic E-state index is 11.3. The number of allylic oxidation sites excluding steroid dienone is 1. The van der Waals surface area contributed by atoms with Crippen LogP contribution < -0.4 is 5.32 Å². The second-order valence-electron chi connectivity index (χ2n) is 3.20. The number of rotatable bonds is 6. The van der Waals surface area contributed by atoms with Crippen LogP contribution in [0, 0.1) is 19.3 Å². The summed E-state index contributed by atoms with van der Waals surface area (Å²) in [7, 11) is 0. The number of aromatic nitrogens is 3. The zero-order valence-electron chi connectivity index (χ0n) is 9.64. The van der Waals surface area contributed by atoms with Gasteiger partial charge in [-0.05, 0) is 6.92 Å². The Morgan fingerprint density at radius 3 is 3.12 bits per heavy atom. The van der Waals surface area contributed by atoms with Crippen LogP contribution in [0.15, 0.2) is 17.8 Å². The fraction of sp³-hybridized carbons (Fsp3) is 0.364. The van der Waals surface area contributed by atoms with Gasteiger partial charge in [-0.15, -0.1) is 23.2 Å². The minimum atomic E-state index is -0.112. The summed E-state index contributed by atoms with van der Waals surface area (Å²) in [5.41, 5.74) is 0. The summed E-state index contributed by atoms with van der Waals surface area (Å²) in [5.74, 6) is 3.31. The zero-order valence-corrected chi connectivity index (χ0v) is 10.5. The molecule has 0 bridgehead atoms. The Bertz CT molecular complexity index is 447. The second kappa shape index (κ2) is 6.76. The van der Waals surface area contributed by atoms with Gasteiger partial charge in [0.1, 0.15) is 5.82 Å². The Balaban J connectivity index is 2.54. The molecule has 1 aromatic heterocycles. The van der Waals surface area contributed by atoms with Crippen molar-refractivity contribution in [3.8, 4) is 12.3 Å². The van der Waals surface area contributed by atoms with E-state index in [2.05, 4.69) is 28.0 Å². The Morgan fingerprint density at radius 2 is 2.47 bits per heavy atom. The predicted octanol–water partition coefficient (Wildman–Crippen LogP) is 0.614. The van der Waals surface area contributed by atoms with E-state index in [4.69, 9.17) is 6.42 Å². The summed E-state index contributed by atoms with van der Waals surface area (Å²) in [5, 5.41) is 11.2. The molecule has 0 aromatic carbocycles. The minimum Gasteiger partial charge on any atom is -0.344 e. The number of hydrogen-bond donors (Lipinski definition) is 1. The first-order valence-corrected chi connectivity index (χ1v) is 6.01. The van der Waals surface area contributed by atoms with Gasteiger partial charge in [0, 0.05) is 6.54 Å². The number of carbonyl (C=O) groups is 1. The van der Waals surface area contributed by atoms with Gasteiger partial charge in [-0.25, -0.2) is 0 Å². The number of nitrogens with one attached hydrogen (secondary N) is 1. The van der Waals surface area contributed by atoms with Crippen LogP contribution >= 0.6 is 11.8 Å². The SMILES string of the molecule is C#CCNC(=O)CSc1nnc(C)n1CC=C. The van der Waals surface area contributed by atoms with Crippen molar-refractivity contribution < 1.29 is 4.79 Å². The molecule has 90 valence electrons. The van der Waals surface area contributed by atoms with Crippen LogP contribution in [0.4, 0.5) is 0 Å². The number of carbonyl (C=O) groups excluding carboxylic acids is 1. The third-order valence-corrected chi connectivity index (χ3v) is 2.90. The normalized spacial score (nSPS) is 9.65. The van der Waals surface area contributed by atoms with E-state index in [0.717, 1.165) is 5.82 Å². The number of thioether (sulfide) groups is 1. The first-order chi connectivity index (χ1) is 8.19. The maximum Gasteiger partial charge on any atom is 0.231 e. The van der Waals surface area contributed by atoms with Gasteiger partial charge in [0.25, 0.3) is 0 Å². The van der Waals surface area contributed by atoms with Crippen LogP contribution in [0.2, 0.25) is 0 Å². The molecule has 0 spiro atoms. The molecule has 0 fully saturated rings. The molecule has 1 amide bonds. The van der Waals surface area contributed by atoms with Gasteiger partial charge in [-0.2, -0.15) is 0 Å². The zero-order chi connectivity index (χ0) is 12.7. The molecule has 0 aliphatic heterocycles. The smallest absolute Gasteiger partial charge is 0.231 e. The lowest BCUT2D eigenvalue weighted by Crippen LogP contribution is -2.25. The molecular formula is C11H14N4OS. The summed E-state index contributed by atoms with van der Waals surface area (Å²) in [6.07, 6.45) is 6.80. The molecule has 17 heavy (non-hydrogen) atoms. The fourth-order valence-electron chi connectivity index (χ4n) is 1.14. The molecule has 1 N–H and O–H groups in total. The number of nitrogens with zero attached hydrogens (tertiary/aromatic N) is 3. The average Bonchev–Trinajstić information content (AvgIpc) is 2.66. The van der Waals surface area contributed by atoms with E-state index in [0.29, 0.717) is 11.7 Å². The monoisotopic (exact) mass is 250 g/mol. The van der Waals surface area contributed by atoms with E-state index >= 15 is 0 Å². The lowest BCUT2D eigenvalue weighted by atomic mass is 10.6. The van der Waals surface area contributed by atoms with E-state index in [1.807, 2.05) is 11.5 Å². The summed E-state index contributed by atoms with van der Waals surface area (Å²) < 4.78 is 1.89. The maximum atomic E-state index is 11.3. The van der Waals surface area contributed by atoms with Crippen LogP contribution in [0.25, 0.3) is 0 Å². The predicted molar refractivity (Wildman–Crippen MR) is 67.5 cm³/mol. The van der Waals surface area contributed by atoms with Gasteiger partial charge in [0.05, 0.1) is 12.3 Å². The van der Waals surface area contributed by atoms with Crippen LogP contribution in [0.3, 0.4) is 0 Å². The molecule has 1 heterocycles. The Hall–Kier alpha value is -1.74. The highest BCUT2D eigenvalue weighted by atomic mass is 32.2. The number of aryl methyl sites for hydroxylation is 1. The van der Waals surface area contributed by atoms with E-state index in [-0.39, 0.29) is 18.2 Å². The van der Waals surface area contributed by atoms with Crippen LogP contribution in [0.5, 0.6) is 0 Å². The molecule has 0 aliphatic rings. The molecule has 0 aliphatic carbocycles. The molecule has 0 atom stereocenters. The van der Waals surface area contributed by atoms with Crippen LogP contribution in [-0.2, 0) is 11.3 Å². The first kappa shape index (κ1) is 13.3. The number of hydrogen-bond acceptors (Lipinski definition) is 4. The molecule has 1 rings (SSSR count). The number of amides is 1. The van der Waals surface area contributed by atoms with Gasteiger partial charge in [-0.3, -0.25) is 4.79 Å². The highest BCUT2D eigenvalue weighted by molar-refractivity contribution is 7.99. The van der Waals surface area contributed by atoms with Crippen molar-refractivity contribution in [2.24, 2.45) is 0 Å². The average molecular weight is 250 g/mol. The lowest BCUT2D eigenvalue weighted by Gasteiger charge is -2.04. The molecule has 1 aromatic rings. The van der Waals surface area contributed by atoms with Gasteiger partial charge in [0.2, 0.25) is 5.91 Å². The largest absolute Gasteiger partial charge is 0.344 e. The summed E-state index contributed by atoms with van der Waals surface area (Å²) >= 11 is 1.33. The third kappa shape index (κ3) is 3.96. The van der Waals surface area contributed by atoms with Crippen LogP contribution in [-0.4, -0.2) is 33.0 Å². The van der Waals surface area contributed by atoms with E-state index in [1.165, 1.54) is 11.8 Å². The van der Waals surface area contributed by atoms with Gasteiger partial charge >= 0.3 is 0 Å². The standard InChI is InChI=1S/C11H14N4OS/c1-4-6-12-10(16)8-17-11-14-13-9(3)15(11)7-5-2/h1,5H,2,6-8H2,3H3,(H,12,16). The molecule has 0 saturated carbocycles. The summed E-state index contributed by atoms with van der Waals surface area (Å²) in [4.78, 5) is 11.3. The van der Waals surface area contributed by atoms with Crippen molar-refractivity contribution in [2.45, 2.75) is 18.6 Å². The highest BCUT2D eigenvalue weighted by Crippen LogP contribution is 2.16. The fourth-order valence-corrected chi connectivity index (χ4v) is 1.96. The van der Waals surface area contributed by atoms with E-state index in [1.54, 1.807) is 6.08 Å². The summed E-state index contributed by atoms with van der Waals surface area (Å²) in [6.45, 7) is 6.41. The van der Waals surface area contributed by atoms with Crippen LogP contribution in [0.1, 0.15) is 5.82 Å². The second-order valence-corrected chi connectivity index (χ2v) is 4.14. The van der Waals surface area contributed by atoms with Crippen molar-refractivity contribution in [3.63, 3.8) is 0 Å². The molecule has 0 unspecified atom stereocenters. The van der Waals surface area contributed by atoms with Crippen molar-refractivity contribution in [3.05, 3.63) is 18.5 Å². The van der Waals surface area contributed by atoms with Crippen molar-refractivity contribution in [1.82, 2.24) is 20.1 Å². The Morgan fingerprint density at radius 1 is 1.71 bits per heavy atom. The topological polar surface area (TPSA) is 59.8 Å². The molecule has 6 heteroatoms. The minimum absolute atomic E-state index is 0.112. The number of terminal acetylenes is 1. The van der Waals surface area contributed by atoms with Crippen molar-refractivity contribution in [1.29, 1.82) is 0 Å². The first-order valence-electron chi connectivity index (χ1n) is 5.02. The van der Waals surface area contributed by atoms with Gasteiger partial charge in [-0.1, -0.05) is 23.8 Å². The van der Waals surface area contributed by atoms with Gasteiger partial charge in [0.15, 0.2) is 5.16 Å². The molecular weight excluding hydrogens is 236 g/mol. The Labute approximate surface area is 105 Å². The molecule has 5 nitrogen and oxygen atoms in total. The van der Waals surface area contributed by atoms with Gasteiger partial charge < -0.3 is 9.88 Å². The summed E-state index contributed by atoms with van der Waals surface area (Å²) in [6, 6.07) is 0. The quantitative estimate of drug-likeness (QED) is 0.456. The Kier molecular flexibility index (Phi) is 5.30. The van der Waals surface area contributed by atoms with E-state index in [9.17, 15) is 4.79 Å². The molecule has 0 saturated heterocycles. The highest BCUT2D eigenvalue weighted by Gasteiger charge is 2.10. The third-order valence-electron chi connectivity index (χ3n) is 1.93. The van der Waals surface area contributed by atoms with Crippen molar-refractivity contribution >= 4 is 17.7 Å². The van der Waals surface area contributed by atoms with Crippen molar-refractivity contribution in [2.75, 3.05) is 12.3 Å². The van der Waals surface area contributed by atoms with E-state index < -0.39 is 0 Å². The lowest BCUT2D eigenvalue weighted by molar-refractivity contribution is -0.118.